The van der Waals surface area contributed by atoms with Crippen molar-refractivity contribution in [1.82, 2.24) is 0 Å². The molecule has 0 spiro atoms. The van der Waals surface area contributed by atoms with Crippen LogP contribution in [0.15, 0.2) is 0 Å². The van der Waals surface area contributed by atoms with Crippen molar-refractivity contribution in [2.24, 2.45) is 0 Å². The maximum atomic E-state index is 8.42. The fourth-order valence-electron chi connectivity index (χ4n) is 0. The summed E-state index contributed by atoms with van der Waals surface area (Å²) < 4.78 is 0. The Hall–Kier alpha value is 2.29. The third-order valence-corrected chi connectivity index (χ3v) is 0. The van der Waals surface area contributed by atoms with E-state index in [0.717, 1.165) is 0 Å². The van der Waals surface area contributed by atoms with Gasteiger partial charge in [0.05, 0.1) is 0 Å². The van der Waals surface area contributed by atoms with Crippen LogP contribution in [0.25, 0.3) is 0 Å². The third kappa shape index (κ3) is 62.5. The van der Waals surface area contributed by atoms with E-state index in [0.29, 0.717) is 0 Å². The van der Waals surface area contributed by atoms with Crippen molar-refractivity contribution in [3.05, 3.63) is 0 Å². The molecule has 0 heterocycles. The smallest absolute Gasteiger partial charge is 0.907 e. The van der Waals surface area contributed by atoms with Gasteiger partial charge in [0.25, 0.3) is 0 Å². The molecule has 0 unspecified atom stereocenters. The number of hydrogen-bond acceptors (Lipinski definition) is 3. The summed E-state index contributed by atoms with van der Waals surface area (Å²) in [4.78, 5) is 0. The Bertz CT molecular complexity index is 19.7. The molecule has 7 heteroatoms. The zero-order chi connectivity index (χ0) is 3.58. The largest absolute Gasteiger partial charge is 3.00 e. The van der Waals surface area contributed by atoms with Crippen molar-refractivity contribution in [3.63, 3.8) is 0 Å². The summed E-state index contributed by atoms with van der Waals surface area (Å²) in [5.74, 6) is 0. The summed E-state index contributed by atoms with van der Waals surface area (Å²) in [6.45, 7) is 0. The normalized spacial score (nSPS) is 3.86. The van der Waals surface area contributed by atoms with Gasteiger partial charge in [-0.15, -0.1) is 0 Å². The molecule has 0 N–H and O–H groups in total. The van der Waals surface area contributed by atoms with Crippen LogP contribution in [0.4, 0.5) is 0 Å². The van der Waals surface area contributed by atoms with E-state index in [1.807, 2.05) is 0 Å². The average Bonchev–Trinajstić information content (AvgIpc) is 0.811. The van der Waals surface area contributed by atoms with Gasteiger partial charge in [0.2, 0.25) is 0 Å². The minimum Gasteiger partial charge on any atom is -0.907 e. The van der Waals surface area contributed by atoms with Crippen LogP contribution in [0.5, 0.6) is 0 Å². The molecule has 0 aliphatic heterocycles. The second-order valence-electron chi connectivity index (χ2n) is 0.289. The molecule has 0 aromatic carbocycles. The van der Waals surface area contributed by atoms with Gasteiger partial charge in [-0.25, -0.2) is 0 Å². The van der Waals surface area contributed by atoms with E-state index in [1.165, 1.54) is 0 Å². The average molecular weight is 548 g/mol. The van der Waals surface area contributed by atoms with Gasteiger partial charge in [0.1, 0.15) is 0 Å². The quantitative estimate of drug-likeness (QED) is 0.285. The summed E-state index contributed by atoms with van der Waals surface area (Å²) in [5, 5.41) is 25.2. The summed E-state index contributed by atoms with van der Waals surface area (Å²) in [7, 11) is -2.92. The fourth-order valence-corrected chi connectivity index (χ4v) is 0. The minimum absolute atomic E-state index is 0. The van der Waals surface area contributed by atoms with Crippen LogP contribution in [0.3, 0.4) is 0 Å². The molecule has 0 aromatic rings. The number of rotatable bonds is 0. The van der Waals surface area contributed by atoms with Gasteiger partial charge in [-0.1, -0.05) is 0 Å². The van der Waals surface area contributed by atoms with Crippen LogP contribution in [0, 0.1) is 0 Å². The Balaban J connectivity index is -0.0000000150. The van der Waals surface area contributed by atoms with Gasteiger partial charge in [0.15, 0.2) is 0 Å². The molecular formula is BBiGeO3Pb+4. The topological polar surface area (TPSA) is 69.2 Å². The summed E-state index contributed by atoms with van der Waals surface area (Å²) >= 11 is 0. The zero-order valence-electron chi connectivity index (χ0n) is 3.25. The SMILES string of the molecule is [Bi+3].[Ge+2].[O-]B([O-])[O-].[Pb+2]. The van der Waals surface area contributed by atoms with Crippen LogP contribution in [-0.2, 0) is 0 Å². The van der Waals surface area contributed by atoms with E-state index < -0.39 is 7.32 Å². The first-order valence-electron chi connectivity index (χ1n) is 0.707. The molecule has 0 fully saturated rings. The van der Waals surface area contributed by atoms with E-state index >= 15 is 0 Å². The standard InChI is InChI=1S/BO3.Bi.Ge.Pb/c2-1(3)4;;;/q-3;+3;2*+2. The molecular weight excluding hydrogens is 548 g/mol. The summed E-state index contributed by atoms with van der Waals surface area (Å²) in [6, 6.07) is 0. The van der Waals surface area contributed by atoms with E-state index in [-0.39, 0.29) is 71.1 Å². The predicted molar refractivity (Wildman–Crippen MR) is 23.0 cm³/mol. The first-order chi connectivity index (χ1) is 1.73. The maximum Gasteiger partial charge on any atom is 3.00 e. The zero-order valence-corrected chi connectivity index (χ0v) is 12.7. The van der Waals surface area contributed by atoms with E-state index in [4.69, 9.17) is 15.1 Å². The van der Waals surface area contributed by atoms with Crippen LogP contribution in [0.1, 0.15) is 0 Å². The summed E-state index contributed by atoms with van der Waals surface area (Å²) in [6.07, 6.45) is 0. The van der Waals surface area contributed by atoms with Gasteiger partial charge in [-0.3, -0.25) is 7.32 Å². The first kappa shape index (κ1) is 22.8. The van der Waals surface area contributed by atoms with Gasteiger partial charge in [-0.2, -0.15) is 0 Å². The Morgan fingerprint density at radius 1 is 1.00 bits per heavy atom. The number of hydrogen-bond donors (Lipinski definition) is 0. The van der Waals surface area contributed by atoms with E-state index in [9.17, 15) is 0 Å². The summed E-state index contributed by atoms with van der Waals surface area (Å²) in [5.41, 5.74) is 0. The van der Waals surface area contributed by atoms with Crippen LogP contribution in [0.2, 0.25) is 0 Å². The molecule has 0 bridgehead atoms. The third-order valence-electron chi connectivity index (χ3n) is 0. The van der Waals surface area contributed by atoms with Crippen molar-refractivity contribution < 1.29 is 15.1 Å². The van der Waals surface area contributed by atoms with E-state index in [1.54, 1.807) is 0 Å². The molecule has 6 radical (unpaired) electrons. The monoisotopic (exact) mass is 550 g/mol. The van der Waals surface area contributed by atoms with Crippen molar-refractivity contribution in [1.29, 1.82) is 0 Å². The van der Waals surface area contributed by atoms with Gasteiger partial charge >= 0.3 is 71.1 Å². The fraction of sp³-hybridized carbons (Fsp3) is 0. The van der Waals surface area contributed by atoms with E-state index in [2.05, 4.69) is 0 Å². The Kier molecular flexibility index (Phi) is 51.3. The van der Waals surface area contributed by atoms with Gasteiger partial charge in [0, 0.05) is 0 Å². The molecule has 0 aromatic heterocycles. The van der Waals surface area contributed by atoms with Crippen molar-refractivity contribution in [3.8, 4) is 0 Å². The van der Waals surface area contributed by atoms with Crippen molar-refractivity contribution in [2.75, 3.05) is 0 Å². The van der Waals surface area contributed by atoms with Crippen LogP contribution in [-0.4, -0.2) is 78.4 Å². The molecule has 0 saturated heterocycles. The molecule has 7 heavy (non-hydrogen) atoms. The Morgan fingerprint density at radius 2 is 1.00 bits per heavy atom. The van der Waals surface area contributed by atoms with Crippen molar-refractivity contribution in [2.45, 2.75) is 0 Å². The van der Waals surface area contributed by atoms with Crippen LogP contribution < -0.4 is 15.1 Å². The second kappa shape index (κ2) is 15.7. The molecule has 0 saturated carbocycles. The minimum atomic E-state index is -2.92. The molecule has 3 nitrogen and oxygen atoms in total. The molecule has 0 atom stereocenters. The van der Waals surface area contributed by atoms with Gasteiger partial charge in [-0.05, 0) is 0 Å². The molecule has 30 valence electrons. The Morgan fingerprint density at radius 3 is 1.00 bits per heavy atom. The van der Waals surface area contributed by atoms with Crippen molar-refractivity contribution >= 4 is 78.4 Å². The predicted octanol–water partition coefficient (Wildman–Crippen LogP) is -5.09. The van der Waals surface area contributed by atoms with Gasteiger partial charge < -0.3 is 15.1 Å². The second-order valence-corrected chi connectivity index (χ2v) is 0.289. The van der Waals surface area contributed by atoms with Crippen LogP contribution >= 0.6 is 0 Å². The molecule has 0 aliphatic rings. The molecule has 0 rings (SSSR count). The Labute approximate surface area is 92.3 Å². The molecule has 0 aliphatic carbocycles. The molecule has 0 amide bonds. The maximum absolute atomic E-state index is 8.42. The first-order valence-corrected chi connectivity index (χ1v) is 0.707.